The molecule has 0 radical (unpaired) electrons. The number of rotatable bonds is 8. The minimum atomic E-state index is -0.385. The molecule has 3 N–H and O–H groups in total. The number of nitrogens with zero attached hydrogens (tertiary/aromatic N) is 3. The van der Waals surface area contributed by atoms with Gasteiger partial charge in [-0.05, 0) is 61.7 Å². The van der Waals surface area contributed by atoms with Crippen LogP contribution in [0.5, 0.6) is 5.75 Å². The monoisotopic (exact) mass is 632 g/mol. The van der Waals surface area contributed by atoms with E-state index in [9.17, 15) is 9.59 Å². The molecule has 1 aliphatic heterocycles. The highest BCUT2D eigenvalue weighted by Gasteiger charge is 2.23. The summed E-state index contributed by atoms with van der Waals surface area (Å²) in [4.78, 5) is 30.3. The van der Waals surface area contributed by atoms with Crippen molar-refractivity contribution < 1.29 is 19.1 Å². The molecule has 1 aliphatic rings. The molecule has 6 rings (SSSR count). The van der Waals surface area contributed by atoms with Gasteiger partial charge in [0.15, 0.2) is 0 Å². The number of aromatic nitrogens is 3. The number of pyridine rings is 1. The lowest BCUT2D eigenvalue weighted by Crippen LogP contribution is -2.30. The maximum atomic E-state index is 13.4. The molecule has 242 valence electrons. The molecule has 1 unspecified atom stereocenters. The number of nitrogens with one attached hydrogen (secondary N) is 3. The summed E-state index contributed by atoms with van der Waals surface area (Å²) in [6.45, 7) is 9.72. The molecule has 1 atom stereocenters. The van der Waals surface area contributed by atoms with E-state index in [4.69, 9.17) is 14.6 Å². The molecule has 3 heterocycles. The van der Waals surface area contributed by atoms with Gasteiger partial charge in [-0.3, -0.25) is 10.1 Å². The van der Waals surface area contributed by atoms with Crippen LogP contribution in [0.15, 0.2) is 85.1 Å². The Morgan fingerprint density at radius 3 is 2.49 bits per heavy atom. The van der Waals surface area contributed by atoms with Gasteiger partial charge >= 0.3 is 6.03 Å². The van der Waals surface area contributed by atoms with Gasteiger partial charge in [0.1, 0.15) is 24.0 Å². The zero-order valence-corrected chi connectivity index (χ0v) is 27.2. The molecule has 3 aromatic carbocycles. The smallest absolute Gasteiger partial charge is 0.324 e. The molecule has 10 heteroatoms. The molecule has 0 aliphatic carbocycles. The van der Waals surface area contributed by atoms with Gasteiger partial charge in [0.05, 0.1) is 29.6 Å². The first kappa shape index (κ1) is 31.7. The molecule has 10 nitrogen and oxygen atoms in total. The Balaban J connectivity index is 1.16. The van der Waals surface area contributed by atoms with Gasteiger partial charge in [-0.1, -0.05) is 62.7 Å². The summed E-state index contributed by atoms with van der Waals surface area (Å²) in [5.41, 5.74) is 4.16. The number of carbonyl (C=O) groups is 2. The summed E-state index contributed by atoms with van der Waals surface area (Å²) in [5, 5.41) is 15.4. The van der Waals surface area contributed by atoms with Crippen LogP contribution in [0.1, 0.15) is 50.4 Å². The van der Waals surface area contributed by atoms with E-state index >= 15 is 0 Å². The minimum absolute atomic E-state index is 0.0809. The zero-order chi connectivity index (χ0) is 33.0. The fourth-order valence-electron chi connectivity index (χ4n) is 5.46. The number of urea groups is 1. The lowest BCUT2D eigenvalue weighted by atomic mass is 9.92. The highest BCUT2D eigenvalue weighted by Crippen LogP contribution is 2.33. The van der Waals surface area contributed by atoms with Crippen molar-refractivity contribution >= 4 is 40.0 Å². The number of ether oxygens (including phenoxy) is 2. The number of hydrogen-bond donors (Lipinski definition) is 3. The average molecular weight is 633 g/mol. The van der Waals surface area contributed by atoms with Crippen LogP contribution in [0.25, 0.3) is 16.5 Å². The second-order valence-electron chi connectivity index (χ2n) is 12.9. The van der Waals surface area contributed by atoms with E-state index in [1.807, 2.05) is 85.8 Å². The lowest BCUT2D eigenvalue weighted by molar-refractivity contribution is -0.123. The van der Waals surface area contributed by atoms with Crippen molar-refractivity contribution in [1.29, 1.82) is 0 Å². The average Bonchev–Trinajstić information content (AvgIpc) is 3.49. The van der Waals surface area contributed by atoms with Crippen LogP contribution < -0.4 is 20.7 Å². The molecule has 2 aromatic heterocycles. The summed E-state index contributed by atoms with van der Waals surface area (Å²) in [7, 11) is 0. The van der Waals surface area contributed by atoms with Crippen LogP contribution >= 0.6 is 0 Å². The van der Waals surface area contributed by atoms with Crippen LogP contribution in [0.2, 0.25) is 0 Å². The Kier molecular flexibility index (Phi) is 9.22. The molecule has 3 amide bonds. The summed E-state index contributed by atoms with van der Waals surface area (Å²) in [5.74, 6) is 1.47. The zero-order valence-electron chi connectivity index (χ0n) is 27.2. The molecular weight excluding hydrogens is 592 g/mol. The Labute approximate surface area is 274 Å². The summed E-state index contributed by atoms with van der Waals surface area (Å²) >= 11 is 0. The molecule has 0 saturated carbocycles. The van der Waals surface area contributed by atoms with E-state index in [1.165, 1.54) is 0 Å². The third kappa shape index (κ3) is 7.61. The van der Waals surface area contributed by atoms with Gasteiger partial charge in [-0.25, -0.2) is 14.5 Å². The molecule has 5 aromatic rings. The van der Waals surface area contributed by atoms with Crippen molar-refractivity contribution in [1.82, 2.24) is 14.8 Å². The number of aryl methyl sites for hydroxylation is 1. The third-order valence-corrected chi connectivity index (χ3v) is 8.13. The third-order valence-electron chi connectivity index (χ3n) is 8.13. The van der Waals surface area contributed by atoms with Gasteiger partial charge < -0.3 is 20.1 Å². The molecule has 0 spiro atoms. The van der Waals surface area contributed by atoms with Crippen LogP contribution in [0.4, 0.5) is 22.1 Å². The number of anilines is 3. The Morgan fingerprint density at radius 1 is 0.957 bits per heavy atom. The minimum Gasteiger partial charge on any atom is -0.488 e. The van der Waals surface area contributed by atoms with E-state index in [-0.39, 0.29) is 29.9 Å². The van der Waals surface area contributed by atoms with E-state index in [0.29, 0.717) is 36.3 Å². The van der Waals surface area contributed by atoms with Crippen molar-refractivity contribution in [3.63, 3.8) is 0 Å². The topological polar surface area (TPSA) is 119 Å². The number of amides is 3. The second-order valence-corrected chi connectivity index (χ2v) is 12.9. The predicted molar refractivity (Wildman–Crippen MR) is 184 cm³/mol. The molecule has 1 fully saturated rings. The van der Waals surface area contributed by atoms with Crippen molar-refractivity contribution in [3.05, 3.63) is 102 Å². The predicted octanol–water partition coefficient (Wildman–Crippen LogP) is 7.61. The van der Waals surface area contributed by atoms with Crippen molar-refractivity contribution in [2.75, 3.05) is 29.2 Å². The first-order valence-corrected chi connectivity index (χ1v) is 15.9. The van der Waals surface area contributed by atoms with Gasteiger partial charge in [-0.2, -0.15) is 5.10 Å². The van der Waals surface area contributed by atoms with Crippen molar-refractivity contribution in [2.24, 2.45) is 5.92 Å². The highest BCUT2D eigenvalue weighted by atomic mass is 16.5. The maximum absolute atomic E-state index is 13.4. The standard InChI is InChI=1S/C37H40N6O4/c1-24-11-13-27(14-12-24)43-34(21-32(42-43)37(2,3)4)41-36(45)39-30-15-16-31(29-10-6-5-9-28(29)30)47-22-25-17-18-38-33(20-25)40-35(44)26-8-7-19-46-23-26/h5-6,9-18,20-21,26H,7-8,19,22-23H2,1-4H3,(H,38,40,44)(H2,39,41,45). The molecule has 1 saturated heterocycles. The van der Waals surface area contributed by atoms with Crippen LogP contribution in [0.3, 0.4) is 0 Å². The summed E-state index contributed by atoms with van der Waals surface area (Å²) < 4.78 is 13.5. The van der Waals surface area contributed by atoms with E-state index in [1.54, 1.807) is 10.9 Å². The SMILES string of the molecule is Cc1ccc(-n2nc(C(C)(C)C)cc2NC(=O)Nc2ccc(OCc3ccnc(NC(=O)C4CCCOC4)c3)c3ccccc23)cc1. The Bertz CT molecular complexity index is 1890. The number of benzene rings is 3. The molecular formula is C37H40N6O4. The second kappa shape index (κ2) is 13.6. The largest absolute Gasteiger partial charge is 0.488 e. The summed E-state index contributed by atoms with van der Waals surface area (Å²) in [6.07, 6.45) is 3.35. The van der Waals surface area contributed by atoms with Gasteiger partial charge in [0.25, 0.3) is 0 Å². The summed E-state index contributed by atoms with van der Waals surface area (Å²) in [6, 6.07) is 24.6. The number of hydrogen-bond acceptors (Lipinski definition) is 6. The van der Waals surface area contributed by atoms with E-state index in [2.05, 4.69) is 41.7 Å². The first-order chi connectivity index (χ1) is 22.6. The van der Waals surface area contributed by atoms with E-state index < -0.39 is 0 Å². The number of fused-ring (bicyclic) bond motifs is 1. The molecule has 47 heavy (non-hydrogen) atoms. The quantitative estimate of drug-likeness (QED) is 0.162. The lowest BCUT2D eigenvalue weighted by Gasteiger charge is -2.21. The van der Waals surface area contributed by atoms with Crippen molar-refractivity contribution in [3.8, 4) is 11.4 Å². The normalized spacial score (nSPS) is 14.9. The number of carbonyl (C=O) groups excluding carboxylic acids is 2. The van der Waals surface area contributed by atoms with Crippen LogP contribution in [-0.4, -0.2) is 39.9 Å². The Morgan fingerprint density at radius 2 is 1.74 bits per heavy atom. The van der Waals surface area contributed by atoms with Crippen LogP contribution in [0, 0.1) is 12.8 Å². The van der Waals surface area contributed by atoms with Gasteiger partial charge in [0.2, 0.25) is 5.91 Å². The first-order valence-electron chi connectivity index (χ1n) is 15.9. The van der Waals surface area contributed by atoms with Gasteiger partial charge in [-0.15, -0.1) is 0 Å². The molecule has 0 bridgehead atoms. The fraction of sp³-hybridized carbons (Fsp3) is 0.297. The Hall–Kier alpha value is -5.22. The highest BCUT2D eigenvalue weighted by molar-refractivity contribution is 6.07. The van der Waals surface area contributed by atoms with E-state index in [0.717, 1.165) is 46.1 Å². The van der Waals surface area contributed by atoms with Crippen molar-refractivity contribution in [2.45, 2.75) is 52.6 Å². The maximum Gasteiger partial charge on any atom is 0.324 e. The fourth-order valence-corrected chi connectivity index (χ4v) is 5.46. The van der Waals surface area contributed by atoms with Crippen LogP contribution in [-0.2, 0) is 21.6 Å². The van der Waals surface area contributed by atoms with Gasteiger partial charge in [0, 0.05) is 35.1 Å².